The number of fused-ring (bicyclic) bond motifs is 3. The maximum absolute atomic E-state index is 13.1. The Morgan fingerprint density at radius 3 is 2.80 bits per heavy atom. The molecule has 0 saturated carbocycles. The Kier molecular flexibility index (Phi) is 1.51. The van der Waals surface area contributed by atoms with Crippen LogP contribution in [-0.4, -0.2) is 0 Å². The first-order valence-corrected chi connectivity index (χ1v) is 4.62. The van der Waals surface area contributed by atoms with E-state index >= 15 is 0 Å². The van der Waals surface area contributed by atoms with Crippen LogP contribution in [0.15, 0.2) is 40.8 Å². The fourth-order valence-electron chi connectivity index (χ4n) is 1.83. The highest BCUT2D eigenvalue weighted by molar-refractivity contribution is 6.10. The van der Waals surface area contributed by atoms with Crippen molar-refractivity contribution in [1.29, 1.82) is 0 Å². The van der Waals surface area contributed by atoms with Gasteiger partial charge in [0.05, 0.1) is 5.39 Å². The molecule has 0 aliphatic carbocycles. The molecule has 0 atom stereocenters. The van der Waals surface area contributed by atoms with Gasteiger partial charge >= 0.3 is 0 Å². The van der Waals surface area contributed by atoms with Gasteiger partial charge in [0.1, 0.15) is 17.0 Å². The molecule has 15 heavy (non-hydrogen) atoms. The molecule has 1 aromatic heterocycles. The molecule has 0 unspecified atom stereocenters. The molecule has 2 nitrogen and oxygen atoms in total. The van der Waals surface area contributed by atoms with E-state index in [-0.39, 0.29) is 5.82 Å². The van der Waals surface area contributed by atoms with E-state index in [1.54, 1.807) is 12.1 Å². The average Bonchev–Trinajstić information content (AvgIpc) is 2.57. The summed E-state index contributed by atoms with van der Waals surface area (Å²) in [5.74, 6) is -0.284. The molecule has 0 radical (unpaired) electrons. The van der Waals surface area contributed by atoms with E-state index in [1.807, 2.05) is 12.1 Å². The second-order valence-corrected chi connectivity index (χ2v) is 3.46. The van der Waals surface area contributed by atoms with Crippen molar-refractivity contribution in [2.75, 3.05) is 5.73 Å². The molecule has 3 heteroatoms. The monoisotopic (exact) mass is 201 g/mol. The van der Waals surface area contributed by atoms with Crippen LogP contribution in [-0.2, 0) is 0 Å². The van der Waals surface area contributed by atoms with Crippen LogP contribution in [0.3, 0.4) is 0 Å². The summed E-state index contributed by atoms with van der Waals surface area (Å²) < 4.78 is 18.6. The number of halogens is 1. The molecule has 3 aromatic rings. The molecule has 0 spiro atoms. The van der Waals surface area contributed by atoms with E-state index in [9.17, 15) is 4.39 Å². The Morgan fingerprint density at radius 2 is 1.93 bits per heavy atom. The second-order valence-electron chi connectivity index (χ2n) is 3.46. The summed E-state index contributed by atoms with van der Waals surface area (Å²) in [7, 11) is 0. The van der Waals surface area contributed by atoms with Gasteiger partial charge in [-0.15, -0.1) is 0 Å². The molecule has 0 amide bonds. The number of hydrogen-bond acceptors (Lipinski definition) is 2. The fraction of sp³-hybridized carbons (Fsp3) is 0. The summed E-state index contributed by atoms with van der Waals surface area (Å²) >= 11 is 0. The average molecular weight is 201 g/mol. The molecule has 2 aromatic carbocycles. The molecule has 3 rings (SSSR count). The molecular formula is C12H8FNO. The highest BCUT2D eigenvalue weighted by Gasteiger charge is 2.09. The van der Waals surface area contributed by atoms with Crippen LogP contribution in [0, 0.1) is 5.82 Å². The zero-order chi connectivity index (χ0) is 10.4. The topological polar surface area (TPSA) is 39.2 Å². The molecule has 2 N–H and O–H groups in total. The van der Waals surface area contributed by atoms with Crippen molar-refractivity contribution < 1.29 is 8.81 Å². The van der Waals surface area contributed by atoms with E-state index in [4.69, 9.17) is 10.2 Å². The van der Waals surface area contributed by atoms with Crippen molar-refractivity contribution in [3.05, 3.63) is 42.2 Å². The van der Waals surface area contributed by atoms with Gasteiger partial charge < -0.3 is 10.2 Å². The van der Waals surface area contributed by atoms with Crippen LogP contribution in [0.1, 0.15) is 0 Å². The van der Waals surface area contributed by atoms with Gasteiger partial charge in [0, 0.05) is 11.1 Å². The Morgan fingerprint density at radius 1 is 1.07 bits per heavy atom. The largest absolute Gasteiger partial charge is 0.456 e. The molecule has 0 aliphatic rings. The predicted molar refractivity (Wildman–Crippen MR) is 58.1 cm³/mol. The number of anilines is 1. The van der Waals surface area contributed by atoms with Crippen molar-refractivity contribution in [3.63, 3.8) is 0 Å². The normalized spacial score (nSPS) is 11.3. The third-order valence-electron chi connectivity index (χ3n) is 2.49. The summed E-state index contributed by atoms with van der Waals surface area (Å²) in [6.07, 6.45) is 0. The summed E-state index contributed by atoms with van der Waals surface area (Å²) in [5, 5.41) is 1.51. The maximum Gasteiger partial charge on any atom is 0.137 e. The number of furan rings is 1. The van der Waals surface area contributed by atoms with Crippen molar-refractivity contribution >= 4 is 27.6 Å². The van der Waals surface area contributed by atoms with E-state index in [0.717, 1.165) is 10.8 Å². The highest BCUT2D eigenvalue weighted by Crippen LogP contribution is 2.32. The lowest BCUT2D eigenvalue weighted by Gasteiger charge is -1.94. The highest BCUT2D eigenvalue weighted by atomic mass is 19.1. The Labute approximate surface area is 85.1 Å². The third-order valence-corrected chi connectivity index (χ3v) is 2.49. The first-order valence-electron chi connectivity index (χ1n) is 4.62. The number of hydrogen-bond donors (Lipinski definition) is 1. The van der Waals surface area contributed by atoms with Crippen LogP contribution in [0.4, 0.5) is 10.1 Å². The summed E-state index contributed by atoms with van der Waals surface area (Å²) in [5.41, 5.74) is 7.79. The maximum atomic E-state index is 13.1. The van der Waals surface area contributed by atoms with E-state index in [0.29, 0.717) is 16.9 Å². The van der Waals surface area contributed by atoms with E-state index in [2.05, 4.69) is 0 Å². The molecule has 0 aliphatic heterocycles. The van der Waals surface area contributed by atoms with Gasteiger partial charge in [0.15, 0.2) is 0 Å². The lowest BCUT2D eigenvalue weighted by Crippen LogP contribution is -1.84. The number of benzene rings is 2. The van der Waals surface area contributed by atoms with Crippen LogP contribution in [0.2, 0.25) is 0 Å². The summed E-state index contributed by atoms with van der Waals surface area (Å²) in [6, 6.07) is 9.85. The second kappa shape index (κ2) is 2.73. The molecule has 1 heterocycles. The molecule has 0 saturated heterocycles. The van der Waals surface area contributed by atoms with E-state index < -0.39 is 0 Å². The number of rotatable bonds is 0. The first kappa shape index (κ1) is 8.29. The Hall–Kier alpha value is -2.03. The number of nitrogen functional groups attached to an aromatic ring is 1. The van der Waals surface area contributed by atoms with Gasteiger partial charge in [0.25, 0.3) is 0 Å². The Balaban J connectivity index is 2.61. The zero-order valence-corrected chi connectivity index (χ0v) is 7.83. The van der Waals surface area contributed by atoms with Gasteiger partial charge in [-0.2, -0.15) is 0 Å². The van der Waals surface area contributed by atoms with Crippen molar-refractivity contribution in [2.45, 2.75) is 0 Å². The SMILES string of the molecule is Nc1cccc2oc3ccc(F)cc3c12. The summed E-state index contributed by atoms with van der Waals surface area (Å²) in [6.45, 7) is 0. The van der Waals surface area contributed by atoms with Crippen LogP contribution < -0.4 is 5.73 Å². The molecule has 0 fully saturated rings. The van der Waals surface area contributed by atoms with Gasteiger partial charge in [-0.1, -0.05) is 6.07 Å². The van der Waals surface area contributed by atoms with Crippen LogP contribution in [0.25, 0.3) is 21.9 Å². The summed E-state index contributed by atoms with van der Waals surface area (Å²) in [4.78, 5) is 0. The van der Waals surface area contributed by atoms with Gasteiger partial charge in [0.2, 0.25) is 0 Å². The van der Waals surface area contributed by atoms with Gasteiger partial charge in [-0.05, 0) is 30.3 Å². The van der Waals surface area contributed by atoms with Crippen LogP contribution >= 0.6 is 0 Å². The lowest BCUT2D eigenvalue weighted by molar-refractivity contribution is 0.626. The smallest absolute Gasteiger partial charge is 0.137 e. The minimum atomic E-state index is -0.284. The minimum Gasteiger partial charge on any atom is -0.456 e. The molecule has 0 bridgehead atoms. The van der Waals surface area contributed by atoms with Crippen molar-refractivity contribution in [3.8, 4) is 0 Å². The van der Waals surface area contributed by atoms with Crippen LogP contribution in [0.5, 0.6) is 0 Å². The van der Waals surface area contributed by atoms with Gasteiger partial charge in [-0.3, -0.25) is 0 Å². The minimum absolute atomic E-state index is 0.284. The lowest BCUT2D eigenvalue weighted by atomic mass is 10.1. The predicted octanol–water partition coefficient (Wildman–Crippen LogP) is 3.31. The molecular weight excluding hydrogens is 193 g/mol. The molecule has 74 valence electrons. The fourth-order valence-corrected chi connectivity index (χ4v) is 1.83. The van der Waals surface area contributed by atoms with E-state index in [1.165, 1.54) is 12.1 Å². The standard InChI is InChI=1S/C12H8FNO/c13-7-4-5-10-8(6-7)12-9(14)2-1-3-11(12)15-10/h1-6H,14H2. The van der Waals surface area contributed by atoms with Crippen molar-refractivity contribution in [2.24, 2.45) is 0 Å². The number of nitrogens with two attached hydrogens (primary N) is 1. The third kappa shape index (κ3) is 1.09. The van der Waals surface area contributed by atoms with Crippen molar-refractivity contribution in [1.82, 2.24) is 0 Å². The Bertz CT molecular complexity index is 657. The van der Waals surface area contributed by atoms with Gasteiger partial charge in [-0.25, -0.2) is 4.39 Å². The zero-order valence-electron chi connectivity index (χ0n) is 7.83. The first-order chi connectivity index (χ1) is 7.25. The quantitative estimate of drug-likeness (QED) is 0.567.